The van der Waals surface area contributed by atoms with Crippen molar-refractivity contribution in [2.45, 2.75) is 76.0 Å². The lowest BCUT2D eigenvalue weighted by molar-refractivity contribution is -0.175. The predicted octanol–water partition coefficient (Wildman–Crippen LogP) is 11.2. The number of hydrogen-bond donors (Lipinski definition) is 0. The molecular weight excluding hydrogens is 752 g/mol. The quantitative estimate of drug-likeness (QED) is 0.122. The highest BCUT2D eigenvalue weighted by Gasteiger charge is 2.67. The van der Waals surface area contributed by atoms with Gasteiger partial charge in [-0.2, -0.15) is 0 Å². The lowest BCUT2D eigenvalue weighted by Gasteiger charge is -2.41. The van der Waals surface area contributed by atoms with Gasteiger partial charge in [-0.25, -0.2) is 9.66 Å². The van der Waals surface area contributed by atoms with E-state index in [9.17, 15) is 0 Å². The molecule has 3 aliphatic rings. The molecule has 0 bridgehead atoms. The highest BCUT2D eigenvalue weighted by atomic mass is 31.2. The second-order valence-electron chi connectivity index (χ2n) is 16.4. The molecule has 8 heteroatoms. The van der Waals surface area contributed by atoms with E-state index in [0.717, 1.165) is 38.9 Å². The average molecular weight is 803 g/mol. The predicted molar refractivity (Wildman–Crippen MR) is 233 cm³/mol. The molecule has 0 radical (unpaired) electrons. The normalized spacial score (nSPS) is 22.1. The van der Waals surface area contributed by atoms with Gasteiger partial charge >= 0.3 is 0 Å². The van der Waals surface area contributed by atoms with Crippen LogP contribution >= 0.6 is 8.53 Å². The molecule has 0 aromatic heterocycles. The third-order valence-electron chi connectivity index (χ3n) is 11.6. The maximum atomic E-state index is 8.00. The molecule has 0 N–H and O–H groups in total. The van der Waals surface area contributed by atoms with Crippen LogP contribution in [0.2, 0.25) is 0 Å². The molecule has 3 atom stereocenters. The summed E-state index contributed by atoms with van der Waals surface area (Å²) in [5.74, 6) is 0.0657. The topological polar surface area (TPSA) is 61.8 Å². The van der Waals surface area contributed by atoms with Gasteiger partial charge in [-0.15, -0.1) is 0 Å². The number of benzene rings is 6. The van der Waals surface area contributed by atoms with Crippen molar-refractivity contribution in [1.29, 1.82) is 0 Å². The van der Waals surface area contributed by atoms with Gasteiger partial charge in [0.05, 0.1) is 6.04 Å². The van der Waals surface area contributed by atoms with E-state index in [-0.39, 0.29) is 6.04 Å². The maximum Gasteiger partial charge on any atom is 0.262 e. The fourth-order valence-electron chi connectivity index (χ4n) is 8.69. The van der Waals surface area contributed by atoms with Gasteiger partial charge in [0.15, 0.2) is 17.0 Å². The Bertz CT molecular complexity index is 2160. The molecule has 0 amide bonds. The summed E-state index contributed by atoms with van der Waals surface area (Å²) < 4.78 is 39.2. The number of nitrogens with zero attached hydrogens (tertiary/aromatic N) is 2. The van der Waals surface area contributed by atoms with Gasteiger partial charge in [-0.05, 0) is 59.2 Å². The minimum Gasteiger partial charge on any atom is -0.475 e. The molecule has 7 nitrogen and oxygen atoms in total. The van der Waals surface area contributed by atoms with E-state index in [0.29, 0.717) is 31.5 Å². The van der Waals surface area contributed by atoms with E-state index in [1.807, 2.05) is 38.1 Å². The zero-order valence-corrected chi connectivity index (χ0v) is 35.0. The Kier molecular flexibility index (Phi) is 11.1. The monoisotopic (exact) mass is 802 g/mol. The molecule has 59 heavy (non-hydrogen) atoms. The molecule has 0 saturated carbocycles. The number of rotatable bonds is 11. The maximum absolute atomic E-state index is 8.00. The Morgan fingerprint density at radius 2 is 1.00 bits per heavy atom. The van der Waals surface area contributed by atoms with Crippen LogP contribution in [-0.4, -0.2) is 41.2 Å². The summed E-state index contributed by atoms with van der Waals surface area (Å²) in [7, 11) is -1.99. The standard InChI is InChI=1S/C51H51N2O5P/c1-37(2)45-36-54-48(52-45)44-33-21-20-24-39(44)35-53(34-38-22-10-5-11-23-38)59-57-50(40-25-12-6-13-26-40,41-27-14-7-15-28-41)46-47(56-49(3,4)55-46)51(58-59,42-29-16-8-17-30-42)43-31-18-9-19-32-43/h5-33,37,45-47H,34-36H2,1-4H3/t45-,46+,47+/m1/s1. The first-order valence-electron chi connectivity index (χ1n) is 20.6. The van der Waals surface area contributed by atoms with E-state index in [1.165, 1.54) is 0 Å². The van der Waals surface area contributed by atoms with Crippen molar-refractivity contribution in [2.24, 2.45) is 10.9 Å². The lowest BCUT2D eigenvalue weighted by atomic mass is 9.72. The molecule has 0 aliphatic carbocycles. The van der Waals surface area contributed by atoms with E-state index in [4.69, 9.17) is 28.3 Å². The lowest BCUT2D eigenvalue weighted by Crippen LogP contribution is -2.53. The second-order valence-corrected chi connectivity index (χ2v) is 17.8. The summed E-state index contributed by atoms with van der Waals surface area (Å²) in [6, 6.07) is 60.9. The Morgan fingerprint density at radius 3 is 1.44 bits per heavy atom. The third-order valence-corrected chi connectivity index (χ3v) is 13.3. The average Bonchev–Trinajstić information content (AvgIpc) is 3.88. The summed E-state index contributed by atoms with van der Waals surface area (Å²) in [6.45, 7) is 9.94. The molecule has 9 rings (SSSR count). The number of fused-ring (bicyclic) bond motifs is 1. The second kappa shape index (κ2) is 16.6. The molecular formula is C51H51N2O5P. The summed E-state index contributed by atoms with van der Waals surface area (Å²) >= 11 is 0. The van der Waals surface area contributed by atoms with Crippen LogP contribution < -0.4 is 0 Å². The zero-order valence-electron chi connectivity index (χ0n) is 34.1. The molecule has 6 aromatic rings. The molecule has 3 aliphatic heterocycles. The van der Waals surface area contributed by atoms with Gasteiger partial charge < -0.3 is 23.3 Å². The molecule has 300 valence electrons. The molecule has 3 heterocycles. The highest BCUT2D eigenvalue weighted by Crippen LogP contribution is 2.66. The molecule has 2 saturated heterocycles. The fourth-order valence-corrected chi connectivity index (χ4v) is 10.6. The molecule has 0 unspecified atom stereocenters. The Hall–Kier alpha value is -4.98. The van der Waals surface area contributed by atoms with Crippen LogP contribution in [0.1, 0.15) is 66.6 Å². The van der Waals surface area contributed by atoms with Crippen molar-refractivity contribution in [2.75, 3.05) is 6.61 Å². The van der Waals surface area contributed by atoms with Gasteiger partial charge in [0.1, 0.15) is 18.8 Å². The van der Waals surface area contributed by atoms with Crippen molar-refractivity contribution >= 4 is 14.4 Å². The SMILES string of the molecule is CC(C)[C@H]1COC(c2ccccc2CN(Cc2ccccc2)P2OC(c3ccccc3)(c3ccccc3)[C@H]3OC(C)(C)O[C@@H]3C(c3ccccc3)(c3ccccc3)O2)=N1. The van der Waals surface area contributed by atoms with Gasteiger partial charge in [0.25, 0.3) is 8.53 Å². The third kappa shape index (κ3) is 7.57. The van der Waals surface area contributed by atoms with Gasteiger partial charge in [0.2, 0.25) is 5.90 Å². The Labute approximate surface area is 349 Å². The highest BCUT2D eigenvalue weighted by molar-refractivity contribution is 7.44. The van der Waals surface area contributed by atoms with Crippen LogP contribution in [0.3, 0.4) is 0 Å². The van der Waals surface area contributed by atoms with Gasteiger partial charge in [-0.1, -0.05) is 184 Å². The van der Waals surface area contributed by atoms with E-state index >= 15 is 0 Å². The summed E-state index contributed by atoms with van der Waals surface area (Å²) in [6.07, 6.45) is -1.34. The van der Waals surface area contributed by atoms with Gasteiger partial charge in [-0.3, -0.25) is 0 Å². The van der Waals surface area contributed by atoms with Crippen LogP contribution in [0.5, 0.6) is 0 Å². The van der Waals surface area contributed by atoms with E-state index in [1.54, 1.807) is 0 Å². The van der Waals surface area contributed by atoms with Crippen molar-refractivity contribution in [3.8, 4) is 0 Å². The first-order valence-corrected chi connectivity index (χ1v) is 21.7. The largest absolute Gasteiger partial charge is 0.475 e. The van der Waals surface area contributed by atoms with Gasteiger partial charge in [0, 0.05) is 18.7 Å². The minimum atomic E-state index is -1.99. The fraction of sp³-hybridized carbons (Fsp3) is 0.275. The van der Waals surface area contributed by atoms with Crippen molar-refractivity contribution in [3.63, 3.8) is 0 Å². The van der Waals surface area contributed by atoms with Crippen LogP contribution in [0, 0.1) is 5.92 Å². The zero-order chi connectivity index (χ0) is 40.5. The number of aliphatic imine (C=N–C) groups is 1. The van der Waals surface area contributed by atoms with Crippen LogP contribution in [0.25, 0.3) is 0 Å². The van der Waals surface area contributed by atoms with Crippen LogP contribution in [0.4, 0.5) is 0 Å². The molecule has 6 aromatic carbocycles. The molecule has 0 spiro atoms. The summed E-state index contributed by atoms with van der Waals surface area (Å²) in [5.41, 5.74) is 4.58. The minimum absolute atomic E-state index is 0.106. The van der Waals surface area contributed by atoms with E-state index < -0.39 is 37.7 Å². The van der Waals surface area contributed by atoms with Crippen molar-refractivity contribution < 1.29 is 23.3 Å². The van der Waals surface area contributed by atoms with Crippen LogP contribution in [0.15, 0.2) is 181 Å². The number of hydrogen-bond acceptors (Lipinski definition) is 7. The number of ether oxygens (including phenoxy) is 3. The van der Waals surface area contributed by atoms with Crippen LogP contribution in [-0.2, 0) is 47.5 Å². The first-order chi connectivity index (χ1) is 28.8. The van der Waals surface area contributed by atoms with Crippen molar-refractivity contribution in [3.05, 3.63) is 215 Å². The summed E-state index contributed by atoms with van der Waals surface area (Å²) in [5, 5.41) is 0. The smallest absolute Gasteiger partial charge is 0.262 e. The first kappa shape index (κ1) is 39.5. The molecule has 2 fully saturated rings. The van der Waals surface area contributed by atoms with E-state index in [2.05, 4.69) is 170 Å². The Balaban J connectivity index is 1.31. The Morgan fingerprint density at radius 1 is 0.576 bits per heavy atom. The van der Waals surface area contributed by atoms with Crippen molar-refractivity contribution in [1.82, 2.24) is 4.67 Å². The summed E-state index contributed by atoms with van der Waals surface area (Å²) in [4.78, 5) is 5.08.